The number of unbranched alkanes of at least 4 members (excludes halogenated alkanes) is 3. The van der Waals surface area contributed by atoms with Crippen molar-refractivity contribution in [3.8, 4) is 5.75 Å². The van der Waals surface area contributed by atoms with Crippen molar-refractivity contribution in [1.29, 1.82) is 0 Å². The predicted octanol–water partition coefficient (Wildman–Crippen LogP) is 4.50. The van der Waals surface area contributed by atoms with Gasteiger partial charge in [0.15, 0.2) is 0 Å². The van der Waals surface area contributed by atoms with Crippen molar-refractivity contribution in [2.24, 2.45) is 0 Å². The molecule has 150 valence electrons. The molecule has 1 aromatic carbocycles. The third-order valence-electron chi connectivity index (χ3n) is 4.72. The van der Waals surface area contributed by atoms with Crippen LogP contribution in [0.15, 0.2) is 24.3 Å². The first-order valence-corrected chi connectivity index (χ1v) is 10.9. The summed E-state index contributed by atoms with van der Waals surface area (Å²) in [6.07, 6.45) is 6.30. The van der Waals surface area contributed by atoms with E-state index in [-0.39, 0.29) is 17.3 Å². The van der Waals surface area contributed by atoms with Gasteiger partial charge in [-0.1, -0.05) is 39.5 Å². The Balaban J connectivity index is 2.11. The smallest absolute Gasteiger partial charge is 0.329 e. The molecule has 2 atom stereocenters. The Morgan fingerprint density at radius 2 is 1.81 bits per heavy atom. The summed E-state index contributed by atoms with van der Waals surface area (Å²) in [5, 5.41) is 0.0219. The van der Waals surface area contributed by atoms with Crippen LogP contribution in [-0.4, -0.2) is 47.7 Å². The van der Waals surface area contributed by atoms with Gasteiger partial charge in [-0.2, -0.15) is 0 Å². The Morgan fingerprint density at radius 1 is 1.11 bits per heavy atom. The van der Waals surface area contributed by atoms with Crippen LogP contribution in [0.1, 0.15) is 62.7 Å². The quantitative estimate of drug-likeness (QED) is 0.433. The average Bonchev–Trinajstić information content (AvgIpc) is 3.11. The molecular formula is C21H31NO4S. The van der Waals surface area contributed by atoms with Crippen molar-refractivity contribution in [3.05, 3.63) is 29.8 Å². The molecule has 0 aromatic heterocycles. The van der Waals surface area contributed by atoms with E-state index in [0.29, 0.717) is 17.9 Å². The molecule has 2 unspecified atom stereocenters. The molecule has 1 saturated heterocycles. The summed E-state index contributed by atoms with van der Waals surface area (Å²) in [4.78, 5) is 27.1. The summed E-state index contributed by atoms with van der Waals surface area (Å²) in [5.41, 5.74) is 0.578. The highest BCUT2D eigenvalue weighted by Gasteiger charge is 2.42. The van der Waals surface area contributed by atoms with Crippen molar-refractivity contribution >= 4 is 23.6 Å². The Kier molecular flexibility index (Phi) is 8.98. The fraction of sp³-hybridized carbons (Fsp3) is 0.619. The van der Waals surface area contributed by atoms with E-state index in [4.69, 9.17) is 9.47 Å². The van der Waals surface area contributed by atoms with Crippen molar-refractivity contribution in [3.63, 3.8) is 0 Å². The Morgan fingerprint density at radius 3 is 2.44 bits per heavy atom. The van der Waals surface area contributed by atoms with Crippen molar-refractivity contribution in [2.75, 3.05) is 19.5 Å². The number of carbonyl (C=O) groups excluding carboxylic acids is 2. The number of ether oxygens (including phenoxy) is 2. The van der Waals surface area contributed by atoms with Gasteiger partial charge in [-0.15, -0.1) is 11.8 Å². The van der Waals surface area contributed by atoms with Crippen LogP contribution in [-0.2, 0) is 9.53 Å². The molecule has 2 rings (SSSR count). The lowest BCUT2D eigenvalue weighted by atomic mass is 10.1. The summed E-state index contributed by atoms with van der Waals surface area (Å²) in [6.45, 7) is 4.95. The normalized spacial score (nSPS) is 19.1. The summed E-state index contributed by atoms with van der Waals surface area (Å²) in [6, 6.07) is 6.70. The topological polar surface area (TPSA) is 55.8 Å². The molecule has 0 radical (unpaired) electrons. The second-order valence-corrected chi connectivity index (χ2v) is 7.97. The van der Waals surface area contributed by atoms with Gasteiger partial charge in [-0.3, -0.25) is 4.79 Å². The molecule has 1 aliphatic heterocycles. The number of benzene rings is 1. The fourth-order valence-corrected chi connectivity index (χ4v) is 4.56. The van der Waals surface area contributed by atoms with Gasteiger partial charge < -0.3 is 14.4 Å². The zero-order valence-corrected chi connectivity index (χ0v) is 17.4. The molecule has 5 nitrogen and oxygen atoms in total. The minimum Gasteiger partial charge on any atom is -0.494 e. The molecule has 1 amide bonds. The lowest BCUT2D eigenvalue weighted by Crippen LogP contribution is -2.46. The second-order valence-electron chi connectivity index (χ2n) is 6.76. The fourth-order valence-electron chi connectivity index (χ4n) is 3.12. The van der Waals surface area contributed by atoms with E-state index in [1.807, 2.05) is 12.1 Å². The molecule has 0 saturated carbocycles. The molecule has 0 spiro atoms. The monoisotopic (exact) mass is 393 g/mol. The maximum Gasteiger partial charge on any atom is 0.329 e. The van der Waals surface area contributed by atoms with Crippen molar-refractivity contribution < 1.29 is 19.1 Å². The molecule has 1 aliphatic rings. The lowest BCUT2D eigenvalue weighted by Gasteiger charge is -2.28. The van der Waals surface area contributed by atoms with Gasteiger partial charge in [0.05, 0.1) is 19.1 Å². The summed E-state index contributed by atoms with van der Waals surface area (Å²) in [7, 11) is 1.38. The van der Waals surface area contributed by atoms with Gasteiger partial charge in [-0.25, -0.2) is 4.79 Å². The van der Waals surface area contributed by atoms with Crippen LogP contribution in [0.2, 0.25) is 0 Å². The predicted molar refractivity (Wildman–Crippen MR) is 109 cm³/mol. The summed E-state index contributed by atoms with van der Waals surface area (Å²) >= 11 is 1.67. The highest BCUT2D eigenvalue weighted by atomic mass is 32.2. The maximum atomic E-state index is 13.2. The van der Waals surface area contributed by atoms with E-state index in [1.54, 1.807) is 28.8 Å². The Hall–Kier alpha value is -1.69. The van der Waals surface area contributed by atoms with Crippen LogP contribution < -0.4 is 4.74 Å². The molecule has 0 bridgehead atoms. The average molecular weight is 394 g/mol. The SMILES string of the molecule is CCCCCC1SCC(C(=O)OC)N1C(=O)c1ccc(OCCCC)cc1. The largest absolute Gasteiger partial charge is 0.494 e. The van der Waals surface area contributed by atoms with Crippen LogP contribution in [0.25, 0.3) is 0 Å². The van der Waals surface area contributed by atoms with Crippen LogP contribution in [0.3, 0.4) is 0 Å². The molecule has 1 aromatic rings. The lowest BCUT2D eigenvalue weighted by molar-refractivity contribution is -0.145. The second kappa shape index (κ2) is 11.2. The van der Waals surface area contributed by atoms with Crippen LogP contribution in [0.4, 0.5) is 0 Å². The number of methoxy groups -OCH3 is 1. The number of esters is 1. The van der Waals surface area contributed by atoms with Gasteiger partial charge in [0.2, 0.25) is 0 Å². The highest BCUT2D eigenvalue weighted by Crippen LogP contribution is 2.34. The number of rotatable bonds is 10. The molecule has 0 N–H and O–H groups in total. The zero-order chi connectivity index (χ0) is 19.6. The molecular weight excluding hydrogens is 362 g/mol. The highest BCUT2D eigenvalue weighted by molar-refractivity contribution is 8.00. The van der Waals surface area contributed by atoms with E-state index < -0.39 is 6.04 Å². The number of hydrogen-bond donors (Lipinski definition) is 0. The third-order valence-corrected chi connectivity index (χ3v) is 6.08. The van der Waals surface area contributed by atoms with Gasteiger partial charge in [0, 0.05) is 11.3 Å². The zero-order valence-electron chi connectivity index (χ0n) is 16.6. The van der Waals surface area contributed by atoms with Gasteiger partial charge >= 0.3 is 5.97 Å². The van der Waals surface area contributed by atoms with Crippen LogP contribution >= 0.6 is 11.8 Å². The number of nitrogens with zero attached hydrogens (tertiary/aromatic N) is 1. The minimum absolute atomic E-state index is 0.0219. The Bertz CT molecular complexity index is 605. The first kappa shape index (κ1) is 21.6. The van der Waals surface area contributed by atoms with Gasteiger partial charge in [0.1, 0.15) is 11.8 Å². The maximum absolute atomic E-state index is 13.2. The van der Waals surface area contributed by atoms with E-state index in [9.17, 15) is 9.59 Å². The minimum atomic E-state index is -0.514. The van der Waals surface area contributed by atoms with Gasteiger partial charge in [0.25, 0.3) is 5.91 Å². The standard InChI is InChI=1S/C21H31NO4S/c1-4-6-8-9-19-22(18(15-27-19)21(24)25-3)20(23)16-10-12-17(13-11-16)26-14-7-5-2/h10-13,18-19H,4-9,14-15H2,1-3H3. The number of thioether (sulfide) groups is 1. The first-order valence-electron chi connectivity index (χ1n) is 9.87. The van der Waals surface area contributed by atoms with E-state index in [2.05, 4.69) is 13.8 Å². The first-order chi connectivity index (χ1) is 13.1. The molecule has 27 heavy (non-hydrogen) atoms. The Labute approximate surface area is 166 Å². The van der Waals surface area contributed by atoms with Crippen molar-refractivity contribution in [2.45, 2.75) is 63.8 Å². The molecule has 0 aliphatic carbocycles. The molecule has 6 heteroatoms. The van der Waals surface area contributed by atoms with E-state index in [0.717, 1.165) is 44.3 Å². The number of carbonyl (C=O) groups is 2. The van der Waals surface area contributed by atoms with Crippen molar-refractivity contribution in [1.82, 2.24) is 4.90 Å². The van der Waals surface area contributed by atoms with Crippen LogP contribution in [0.5, 0.6) is 5.75 Å². The molecule has 1 fully saturated rings. The summed E-state index contributed by atoms with van der Waals surface area (Å²) < 4.78 is 10.6. The number of hydrogen-bond acceptors (Lipinski definition) is 5. The van der Waals surface area contributed by atoms with Gasteiger partial charge in [-0.05, 0) is 37.1 Å². The van der Waals surface area contributed by atoms with E-state index in [1.165, 1.54) is 7.11 Å². The molecule has 1 heterocycles. The van der Waals surface area contributed by atoms with Crippen LogP contribution in [0, 0.1) is 0 Å². The number of amides is 1. The van der Waals surface area contributed by atoms with E-state index >= 15 is 0 Å². The third kappa shape index (κ3) is 5.89. The summed E-state index contributed by atoms with van der Waals surface area (Å²) in [5.74, 6) is 0.901.